The number of carboxylic acid groups (broad SMARTS) is 2. The minimum absolute atomic E-state index is 0. The average Bonchev–Trinajstić information content (AvgIpc) is 2.92. The molecule has 1 aromatic carbocycles. The Hall–Kier alpha value is -1.21. The number of para-hydroxylation sites is 2. The van der Waals surface area contributed by atoms with E-state index in [0.717, 1.165) is 0 Å². The number of thioether (sulfide) groups is 1. The van der Waals surface area contributed by atoms with E-state index < -0.39 is 57.3 Å². The topological polar surface area (TPSA) is 150 Å². The van der Waals surface area contributed by atoms with E-state index in [2.05, 4.69) is 15.3 Å². The quantitative estimate of drug-likeness (QED) is 0.299. The predicted molar refractivity (Wildman–Crippen MR) is 101 cm³/mol. The fourth-order valence-corrected chi connectivity index (χ4v) is 5.29. The maximum atomic E-state index is 12.8. The Bertz CT molecular complexity index is 1100. The van der Waals surface area contributed by atoms with Crippen LogP contribution in [0.2, 0.25) is 0 Å². The van der Waals surface area contributed by atoms with E-state index in [1.165, 1.54) is 16.7 Å². The van der Waals surface area contributed by atoms with Crippen molar-refractivity contribution in [1.82, 2.24) is 20.2 Å². The molecule has 150 valence electrons. The first kappa shape index (κ1) is 26.0. The van der Waals surface area contributed by atoms with Crippen molar-refractivity contribution in [1.29, 1.82) is 0 Å². The number of nitrogens with zero attached hydrogens (tertiary/aromatic N) is 3. The van der Waals surface area contributed by atoms with Gasteiger partial charge in [-0.2, -0.15) is 0 Å². The Morgan fingerprint density at radius 2 is 1.61 bits per heavy atom. The largest absolute Gasteiger partial charge is 1.00 e. The number of β-lactam (4-membered cyclic amide) rings is 1. The number of aromatic nitrogens is 2. The number of rotatable bonds is 4. The van der Waals surface area contributed by atoms with E-state index in [0.29, 0.717) is 11.0 Å². The summed E-state index contributed by atoms with van der Waals surface area (Å²) < 4.78 is -0.735. The van der Waals surface area contributed by atoms with Crippen LogP contribution < -0.4 is 64.4 Å². The first-order valence-electron chi connectivity index (χ1n) is 8.65. The minimum atomic E-state index is -1.42. The number of carboxylic acids is 2. The minimum Gasteiger partial charge on any atom is -0.480 e. The van der Waals surface area contributed by atoms with Gasteiger partial charge in [-0.05, 0) is 26.0 Å². The van der Waals surface area contributed by atoms with Crippen molar-refractivity contribution in [3.8, 4) is 0 Å². The van der Waals surface area contributed by atoms with Gasteiger partial charge in [0.15, 0.2) is 11.4 Å². The summed E-state index contributed by atoms with van der Waals surface area (Å²) in [5.74, 6) is -3.91. The van der Waals surface area contributed by atoms with Crippen LogP contribution >= 0.6 is 11.8 Å². The zero-order valence-electron chi connectivity index (χ0n) is 17.3. The molecule has 3 atom stereocenters. The summed E-state index contributed by atoms with van der Waals surface area (Å²) in [6.07, 6.45) is 0. The smallest absolute Gasteiger partial charge is 0.480 e. The molecule has 0 bridgehead atoms. The van der Waals surface area contributed by atoms with Gasteiger partial charge >= 0.3 is 71.1 Å². The van der Waals surface area contributed by atoms with E-state index in [9.17, 15) is 29.4 Å². The van der Waals surface area contributed by atoms with Crippen molar-refractivity contribution in [3.05, 3.63) is 35.7 Å². The molecule has 2 aromatic rings. The van der Waals surface area contributed by atoms with Gasteiger partial charge in [-0.3, -0.25) is 9.59 Å². The summed E-state index contributed by atoms with van der Waals surface area (Å²) in [5, 5.41) is 20.8. The van der Waals surface area contributed by atoms with Gasteiger partial charge in [0.2, 0.25) is 5.91 Å². The molecule has 0 saturated carbocycles. The molecule has 0 radical (unpaired) electrons. The van der Waals surface area contributed by atoms with Crippen LogP contribution in [0.25, 0.3) is 11.0 Å². The van der Waals surface area contributed by atoms with E-state index >= 15 is 0 Å². The Morgan fingerprint density at radius 1 is 1.06 bits per heavy atom. The molecular formula is C18H16N4Na2O6S+2. The van der Waals surface area contributed by atoms with Crippen LogP contribution in [0.15, 0.2) is 24.3 Å². The number of hydrogen-bond acceptors (Lipinski definition) is 7. The average molecular weight is 462 g/mol. The monoisotopic (exact) mass is 462 g/mol. The number of benzene rings is 1. The second kappa shape index (κ2) is 9.34. The molecule has 2 amide bonds. The standard InChI is InChI=1S/C18H16N4O6S.2Na/c1-18(2)12(17(27)28)22-14(24)11(15(22)29-18)21-13(23)9-10(16(25)26)20-8-6-4-3-5-7(8)19-9;;/h3-6,11-12,15H,1-2H3,(H,21,23)(H,25,26)(H,27,28);;/q;2*+1/t11-,12+,15-;;/m1../s1. The van der Waals surface area contributed by atoms with Crippen LogP contribution in [0.4, 0.5) is 0 Å². The molecule has 10 nitrogen and oxygen atoms in total. The second-order valence-corrected chi connectivity index (χ2v) is 9.03. The van der Waals surface area contributed by atoms with Crippen molar-refractivity contribution >= 4 is 46.5 Å². The first-order chi connectivity index (χ1) is 13.6. The molecule has 1 aromatic heterocycles. The number of aromatic carboxylic acids is 1. The third-order valence-corrected chi connectivity index (χ3v) is 6.52. The number of aliphatic carboxylic acids is 1. The summed E-state index contributed by atoms with van der Waals surface area (Å²) >= 11 is 1.27. The summed E-state index contributed by atoms with van der Waals surface area (Å²) in [4.78, 5) is 57.7. The Balaban J connectivity index is 0.00000171. The molecule has 2 fully saturated rings. The molecule has 3 heterocycles. The Kier molecular flexibility index (Phi) is 7.85. The van der Waals surface area contributed by atoms with Gasteiger partial charge in [0.25, 0.3) is 5.91 Å². The van der Waals surface area contributed by atoms with E-state index in [1.807, 2.05) is 0 Å². The van der Waals surface area contributed by atoms with Crippen LogP contribution in [-0.4, -0.2) is 71.0 Å². The zero-order chi connectivity index (χ0) is 21.1. The molecule has 31 heavy (non-hydrogen) atoms. The van der Waals surface area contributed by atoms with Crippen LogP contribution in [0.1, 0.15) is 34.8 Å². The van der Waals surface area contributed by atoms with Crippen molar-refractivity contribution in [2.24, 2.45) is 0 Å². The second-order valence-electron chi connectivity index (χ2n) is 7.26. The fraction of sp³-hybridized carbons (Fsp3) is 0.333. The summed E-state index contributed by atoms with van der Waals surface area (Å²) in [6.45, 7) is 3.44. The van der Waals surface area contributed by atoms with Gasteiger partial charge in [0.05, 0.1) is 11.0 Å². The summed E-state index contributed by atoms with van der Waals surface area (Å²) in [7, 11) is 0. The number of fused-ring (bicyclic) bond motifs is 2. The number of hydrogen-bond donors (Lipinski definition) is 3. The number of amides is 2. The molecule has 0 unspecified atom stereocenters. The Labute approximate surface area is 225 Å². The van der Waals surface area contributed by atoms with Crippen LogP contribution in [0, 0.1) is 0 Å². The summed E-state index contributed by atoms with van der Waals surface area (Å²) in [5.41, 5.74) is -0.261. The summed E-state index contributed by atoms with van der Waals surface area (Å²) in [6, 6.07) is 4.54. The third kappa shape index (κ3) is 4.37. The maximum Gasteiger partial charge on any atom is 1.00 e. The maximum absolute atomic E-state index is 12.8. The molecule has 2 aliphatic rings. The normalized spacial score (nSPS) is 23.1. The van der Waals surface area contributed by atoms with Gasteiger partial charge in [-0.15, -0.1) is 11.8 Å². The molecule has 0 aliphatic carbocycles. The van der Waals surface area contributed by atoms with Gasteiger partial charge in [0, 0.05) is 4.75 Å². The van der Waals surface area contributed by atoms with Gasteiger partial charge in [-0.1, -0.05) is 12.1 Å². The van der Waals surface area contributed by atoms with Crippen molar-refractivity contribution < 1.29 is 88.5 Å². The molecule has 2 saturated heterocycles. The van der Waals surface area contributed by atoms with E-state index in [-0.39, 0.29) is 59.1 Å². The third-order valence-electron chi connectivity index (χ3n) is 4.95. The zero-order valence-corrected chi connectivity index (χ0v) is 22.1. The van der Waals surface area contributed by atoms with Crippen LogP contribution in [0.3, 0.4) is 0 Å². The first-order valence-corrected chi connectivity index (χ1v) is 9.53. The van der Waals surface area contributed by atoms with Crippen molar-refractivity contribution in [2.45, 2.75) is 36.1 Å². The molecule has 3 N–H and O–H groups in total. The number of nitrogens with one attached hydrogen (secondary N) is 1. The van der Waals surface area contributed by atoms with Crippen LogP contribution in [-0.2, 0) is 9.59 Å². The van der Waals surface area contributed by atoms with Gasteiger partial charge < -0.3 is 20.4 Å². The van der Waals surface area contributed by atoms with E-state index in [1.54, 1.807) is 38.1 Å². The van der Waals surface area contributed by atoms with Crippen molar-refractivity contribution in [2.75, 3.05) is 0 Å². The molecule has 0 spiro atoms. The van der Waals surface area contributed by atoms with Crippen LogP contribution in [0.5, 0.6) is 0 Å². The fourth-order valence-electron chi connectivity index (χ4n) is 3.66. The SMILES string of the molecule is CC1(C)S[C@@H]2[C@H](NC(=O)c3nc4ccccc4nc3C(=O)O)C(=O)N2[C@H]1C(=O)O.[Na+].[Na+]. The van der Waals surface area contributed by atoms with Crippen molar-refractivity contribution in [3.63, 3.8) is 0 Å². The molecular weight excluding hydrogens is 446 g/mol. The number of carbonyl (C=O) groups is 4. The Morgan fingerprint density at radius 3 is 2.13 bits per heavy atom. The van der Waals surface area contributed by atoms with Gasteiger partial charge in [0.1, 0.15) is 17.5 Å². The van der Waals surface area contributed by atoms with E-state index in [4.69, 9.17) is 0 Å². The predicted octanol–water partition coefficient (Wildman–Crippen LogP) is -5.42. The molecule has 4 rings (SSSR count). The van der Waals surface area contributed by atoms with Gasteiger partial charge in [-0.25, -0.2) is 19.6 Å². The number of carbonyl (C=O) groups excluding carboxylic acids is 2. The molecule has 13 heteroatoms. The molecule has 2 aliphatic heterocycles.